The third-order valence-electron chi connectivity index (χ3n) is 4.59. The number of benzene rings is 1. The van der Waals surface area contributed by atoms with Crippen LogP contribution in [0, 0.1) is 11.6 Å². The van der Waals surface area contributed by atoms with E-state index in [-0.39, 0.29) is 35.6 Å². The predicted molar refractivity (Wildman–Crippen MR) is 95.6 cm³/mol. The summed E-state index contributed by atoms with van der Waals surface area (Å²) < 4.78 is 26.8. The van der Waals surface area contributed by atoms with Crippen molar-refractivity contribution in [3.05, 3.63) is 35.4 Å². The standard InChI is InChI=1S/C19H29F2N3O/c1-12(15-7-6-13(20)8-16(15)21)11-22-17(25)23-14-9-18(2,3)24-19(4,5)10-14/h6-8,12,14,24H,9-11H2,1-5H3,(H2,22,23,25). The zero-order chi connectivity index (χ0) is 18.8. The molecule has 2 amide bonds. The van der Waals surface area contributed by atoms with E-state index >= 15 is 0 Å². The molecule has 3 N–H and O–H groups in total. The van der Waals surface area contributed by atoms with Crippen molar-refractivity contribution >= 4 is 6.03 Å². The average Bonchev–Trinajstić information content (AvgIpc) is 2.41. The fourth-order valence-electron chi connectivity index (χ4n) is 3.92. The Kier molecular flexibility index (Phi) is 5.72. The minimum Gasteiger partial charge on any atom is -0.338 e. The Morgan fingerprint density at radius 1 is 1.24 bits per heavy atom. The predicted octanol–water partition coefficient (Wildman–Crippen LogP) is 3.68. The van der Waals surface area contributed by atoms with Crippen molar-refractivity contribution < 1.29 is 13.6 Å². The molecule has 0 spiro atoms. The lowest BCUT2D eigenvalue weighted by atomic mass is 9.80. The third kappa shape index (κ3) is 5.66. The van der Waals surface area contributed by atoms with E-state index < -0.39 is 11.6 Å². The van der Waals surface area contributed by atoms with Gasteiger partial charge in [-0.15, -0.1) is 0 Å². The fraction of sp³-hybridized carbons (Fsp3) is 0.632. The lowest BCUT2D eigenvalue weighted by Crippen LogP contribution is -2.62. The molecular weight excluding hydrogens is 324 g/mol. The van der Waals surface area contributed by atoms with Crippen molar-refractivity contribution in [1.29, 1.82) is 0 Å². The van der Waals surface area contributed by atoms with Crippen LogP contribution in [0.15, 0.2) is 18.2 Å². The molecular formula is C19H29F2N3O. The van der Waals surface area contributed by atoms with Crippen molar-refractivity contribution in [3.63, 3.8) is 0 Å². The number of piperidine rings is 1. The van der Waals surface area contributed by atoms with E-state index in [1.54, 1.807) is 6.92 Å². The van der Waals surface area contributed by atoms with Gasteiger partial charge in [0.05, 0.1) is 0 Å². The maximum Gasteiger partial charge on any atom is 0.315 e. The van der Waals surface area contributed by atoms with Gasteiger partial charge in [-0.25, -0.2) is 13.6 Å². The summed E-state index contributed by atoms with van der Waals surface area (Å²) in [6.07, 6.45) is 1.68. The van der Waals surface area contributed by atoms with E-state index in [1.165, 1.54) is 12.1 Å². The molecule has 1 atom stereocenters. The van der Waals surface area contributed by atoms with Crippen molar-refractivity contribution in [1.82, 2.24) is 16.0 Å². The van der Waals surface area contributed by atoms with Gasteiger partial charge in [0, 0.05) is 35.6 Å². The van der Waals surface area contributed by atoms with Crippen LogP contribution in [-0.4, -0.2) is 29.7 Å². The quantitative estimate of drug-likeness (QED) is 0.773. The van der Waals surface area contributed by atoms with Crippen LogP contribution in [0.2, 0.25) is 0 Å². The molecule has 6 heteroatoms. The number of rotatable bonds is 4. The number of nitrogens with one attached hydrogen (secondary N) is 3. The minimum atomic E-state index is -0.602. The second-order valence-electron chi connectivity index (χ2n) is 8.42. The zero-order valence-electron chi connectivity index (χ0n) is 15.7. The molecule has 0 saturated carbocycles. The van der Waals surface area contributed by atoms with E-state index in [0.29, 0.717) is 5.56 Å². The maximum absolute atomic E-state index is 13.8. The van der Waals surface area contributed by atoms with Crippen LogP contribution in [0.5, 0.6) is 0 Å². The third-order valence-corrected chi connectivity index (χ3v) is 4.59. The Morgan fingerprint density at radius 3 is 2.40 bits per heavy atom. The lowest BCUT2D eigenvalue weighted by molar-refractivity contribution is 0.147. The first-order valence-electron chi connectivity index (χ1n) is 8.76. The maximum atomic E-state index is 13.8. The Morgan fingerprint density at radius 2 is 1.84 bits per heavy atom. The summed E-state index contributed by atoms with van der Waals surface area (Å²) in [7, 11) is 0. The second-order valence-corrected chi connectivity index (χ2v) is 8.42. The normalized spacial score (nSPS) is 20.8. The molecule has 25 heavy (non-hydrogen) atoms. The summed E-state index contributed by atoms with van der Waals surface area (Å²) in [4.78, 5) is 12.2. The van der Waals surface area contributed by atoms with Crippen molar-refractivity contribution in [2.24, 2.45) is 0 Å². The van der Waals surface area contributed by atoms with Gasteiger partial charge in [0.2, 0.25) is 0 Å². The van der Waals surface area contributed by atoms with Crippen LogP contribution in [-0.2, 0) is 0 Å². The highest BCUT2D eigenvalue weighted by Crippen LogP contribution is 2.28. The van der Waals surface area contributed by atoms with Gasteiger partial charge in [-0.2, -0.15) is 0 Å². The molecule has 0 radical (unpaired) electrons. The Bertz CT molecular complexity index is 615. The summed E-state index contributed by atoms with van der Waals surface area (Å²) in [5.41, 5.74) is 0.292. The molecule has 1 unspecified atom stereocenters. The largest absolute Gasteiger partial charge is 0.338 e. The second kappa shape index (κ2) is 7.28. The van der Waals surface area contributed by atoms with Gasteiger partial charge < -0.3 is 16.0 Å². The average molecular weight is 353 g/mol. The Labute approximate surface area is 148 Å². The number of amides is 2. The highest BCUT2D eigenvalue weighted by molar-refractivity contribution is 5.74. The van der Waals surface area contributed by atoms with E-state index in [9.17, 15) is 13.6 Å². The molecule has 1 aromatic rings. The zero-order valence-corrected chi connectivity index (χ0v) is 15.7. The number of hydrogen-bond donors (Lipinski definition) is 3. The topological polar surface area (TPSA) is 53.2 Å². The number of carbonyl (C=O) groups excluding carboxylic acids is 1. The Balaban J connectivity index is 1.88. The van der Waals surface area contributed by atoms with Crippen LogP contribution in [0.1, 0.15) is 58.9 Å². The van der Waals surface area contributed by atoms with E-state index in [4.69, 9.17) is 0 Å². The fourth-order valence-corrected chi connectivity index (χ4v) is 3.92. The molecule has 0 aromatic heterocycles. The molecule has 1 aromatic carbocycles. The van der Waals surface area contributed by atoms with Gasteiger partial charge in [0.1, 0.15) is 11.6 Å². The monoisotopic (exact) mass is 353 g/mol. The van der Waals surface area contributed by atoms with Gasteiger partial charge in [-0.05, 0) is 52.2 Å². The van der Waals surface area contributed by atoms with Crippen LogP contribution in [0.25, 0.3) is 0 Å². The first kappa shape index (κ1) is 19.6. The van der Waals surface area contributed by atoms with Crippen LogP contribution >= 0.6 is 0 Å². The van der Waals surface area contributed by atoms with Gasteiger partial charge in [-0.1, -0.05) is 13.0 Å². The molecule has 4 nitrogen and oxygen atoms in total. The molecule has 0 aliphatic carbocycles. The first-order chi connectivity index (χ1) is 11.5. The first-order valence-corrected chi connectivity index (χ1v) is 8.76. The summed E-state index contributed by atoms with van der Waals surface area (Å²) in [6.45, 7) is 10.6. The minimum absolute atomic E-state index is 0.0514. The molecule has 1 aliphatic rings. The van der Waals surface area contributed by atoms with E-state index in [0.717, 1.165) is 18.9 Å². The molecule has 0 bridgehead atoms. The highest BCUT2D eigenvalue weighted by atomic mass is 19.1. The van der Waals surface area contributed by atoms with Gasteiger partial charge in [-0.3, -0.25) is 0 Å². The van der Waals surface area contributed by atoms with Crippen LogP contribution < -0.4 is 16.0 Å². The molecule has 1 saturated heterocycles. The summed E-state index contributed by atoms with van der Waals surface area (Å²) in [6, 6.07) is 3.34. The highest BCUT2D eigenvalue weighted by Gasteiger charge is 2.38. The van der Waals surface area contributed by atoms with Crippen molar-refractivity contribution in [2.45, 2.75) is 70.5 Å². The molecule has 1 aliphatic heterocycles. The van der Waals surface area contributed by atoms with Gasteiger partial charge >= 0.3 is 6.03 Å². The number of halogens is 2. The SMILES string of the molecule is CC(CNC(=O)NC1CC(C)(C)NC(C)(C)C1)c1ccc(F)cc1F. The Hall–Kier alpha value is -1.69. The summed E-state index contributed by atoms with van der Waals surface area (Å²) in [5.74, 6) is -1.43. The van der Waals surface area contributed by atoms with Gasteiger partial charge in [0.15, 0.2) is 0 Å². The van der Waals surface area contributed by atoms with E-state index in [1.807, 2.05) is 0 Å². The number of carbonyl (C=O) groups is 1. The van der Waals surface area contributed by atoms with Crippen molar-refractivity contribution in [2.75, 3.05) is 6.54 Å². The lowest BCUT2D eigenvalue weighted by Gasteiger charge is -2.46. The number of hydrogen-bond acceptors (Lipinski definition) is 2. The molecule has 1 fully saturated rings. The molecule has 1 heterocycles. The smallest absolute Gasteiger partial charge is 0.315 e. The van der Waals surface area contributed by atoms with Crippen LogP contribution in [0.3, 0.4) is 0 Å². The molecule has 140 valence electrons. The number of urea groups is 1. The summed E-state index contributed by atoms with van der Waals surface area (Å²) >= 11 is 0. The van der Waals surface area contributed by atoms with Crippen LogP contribution in [0.4, 0.5) is 13.6 Å². The van der Waals surface area contributed by atoms with E-state index in [2.05, 4.69) is 43.6 Å². The summed E-state index contributed by atoms with van der Waals surface area (Å²) in [5, 5.41) is 9.38. The molecule has 2 rings (SSSR count). The van der Waals surface area contributed by atoms with Gasteiger partial charge in [0.25, 0.3) is 0 Å². The van der Waals surface area contributed by atoms with Crippen molar-refractivity contribution in [3.8, 4) is 0 Å².